The third-order valence-corrected chi connectivity index (χ3v) is 4.87. The molecule has 7 nitrogen and oxygen atoms in total. The molecule has 8 heteroatoms. The van der Waals surface area contributed by atoms with Crippen molar-refractivity contribution in [2.24, 2.45) is 5.41 Å². The molecule has 0 spiro atoms. The highest BCUT2D eigenvalue weighted by atomic mass is 32.2. The molecule has 1 rings (SSSR count). The van der Waals surface area contributed by atoms with Crippen LogP contribution in [0.15, 0.2) is 18.2 Å². The second kappa shape index (κ2) is 10.8. The lowest BCUT2D eigenvalue weighted by Gasteiger charge is -2.31. The molecule has 0 bridgehead atoms. The number of nitrogens with one attached hydrogen (secondary N) is 2. The fourth-order valence-electron chi connectivity index (χ4n) is 2.67. The Balaban J connectivity index is 3.03. The fraction of sp³-hybridized carbons (Fsp3) is 0.667. The molecule has 1 amide bonds. The van der Waals surface area contributed by atoms with Crippen LogP contribution in [0.25, 0.3) is 0 Å². The van der Waals surface area contributed by atoms with Gasteiger partial charge in [0.15, 0.2) is 11.5 Å². The van der Waals surface area contributed by atoms with Gasteiger partial charge in [-0.1, -0.05) is 40.7 Å². The Labute approximate surface area is 175 Å². The summed E-state index contributed by atoms with van der Waals surface area (Å²) >= 11 is 0. The molecule has 0 heterocycles. The Morgan fingerprint density at radius 2 is 1.62 bits per heavy atom. The van der Waals surface area contributed by atoms with Crippen LogP contribution in [0.2, 0.25) is 0 Å². The van der Waals surface area contributed by atoms with Crippen LogP contribution in [-0.2, 0) is 14.8 Å². The molecular weight excluding hydrogens is 392 g/mol. The monoisotopic (exact) mass is 428 g/mol. The zero-order chi connectivity index (χ0) is 22.2. The van der Waals surface area contributed by atoms with Gasteiger partial charge in [-0.3, -0.25) is 4.79 Å². The Morgan fingerprint density at radius 3 is 2.10 bits per heavy atom. The van der Waals surface area contributed by atoms with E-state index in [1.807, 2.05) is 59.7 Å². The summed E-state index contributed by atoms with van der Waals surface area (Å²) in [4.78, 5) is 12.8. The highest BCUT2D eigenvalue weighted by molar-refractivity contribution is 7.88. The zero-order valence-corrected chi connectivity index (χ0v) is 19.5. The van der Waals surface area contributed by atoms with Gasteiger partial charge in [0.25, 0.3) is 0 Å². The van der Waals surface area contributed by atoms with E-state index in [1.54, 1.807) is 0 Å². The summed E-state index contributed by atoms with van der Waals surface area (Å²) in [6.45, 7) is 12.5. The van der Waals surface area contributed by atoms with E-state index in [-0.39, 0.29) is 11.9 Å². The molecule has 2 unspecified atom stereocenters. The first-order valence-corrected chi connectivity index (χ1v) is 11.9. The molecule has 2 atom stereocenters. The van der Waals surface area contributed by atoms with Gasteiger partial charge in [0.1, 0.15) is 6.04 Å². The van der Waals surface area contributed by atoms with E-state index in [2.05, 4.69) is 10.0 Å². The van der Waals surface area contributed by atoms with Crippen LogP contribution in [0.3, 0.4) is 0 Å². The first-order chi connectivity index (χ1) is 13.4. The number of hydrogen-bond acceptors (Lipinski definition) is 5. The average molecular weight is 429 g/mol. The Kier molecular flexibility index (Phi) is 9.42. The van der Waals surface area contributed by atoms with Gasteiger partial charge in [0.2, 0.25) is 15.9 Å². The third kappa shape index (κ3) is 8.62. The van der Waals surface area contributed by atoms with Gasteiger partial charge in [-0.25, -0.2) is 13.1 Å². The molecule has 166 valence electrons. The van der Waals surface area contributed by atoms with Crippen LogP contribution < -0.4 is 19.5 Å². The van der Waals surface area contributed by atoms with E-state index in [1.165, 1.54) is 0 Å². The Morgan fingerprint density at radius 1 is 1.07 bits per heavy atom. The van der Waals surface area contributed by atoms with Crippen molar-refractivity contribution in [1.29, 1.82) is 0 Å². The molecule has 0 saturated heterocycles. The number of hydrogen-bond donors (Lipinski definition) is 2. The number of carbonyl (C=O) groups is 1. The fourth-order valence-corrected chi connectivity index (χ4v) is 3.56. The van der Waals surface area contributed by atoms with Gasteiger partial charge in [-0.15, -0.1) is 0 Å². The SMILES string of the molecule is CCCOc1ccc(C(C)NC(=O)C(NS(C)(=O)=O)C(C)(C)C)cc1OCCC. The minimum atomic E-state index is -3.53. The van der Waals surface area contributed by atoms with Gasteiger partial charge in [-0.2, -0.15) is 0 Å². The topological polar surface area (TPSA) is 93.7 Å². The van der Waals surface area contributed by atoms with E-state index in [0.717, 1.165) is 24.7 Å². The first kappa shape index (κ1) is 25.2. The van der Waals surface area contributed by atoms with Crippen molar-refractivity contribution in [1.82, 2.24) is 10.0 Å². The lowest BCUT2D eigenvalue weighted by Crippen LogP contribution is -2.53. The molecular formula is C21H36N2O5S. The number of sulfonamides is 1. The standard InChI is InChI=1S/C21H36N2O5S/c1-8-12-27-17-11-10-16(14-18(17)28-13-9-2)15(3)22-20(24)19(21(4,5)6)23-29(7,25)26/h10-11,14-15,19,23H,8-9,12-13H2,1-7H3,(H,22,24). The smallest absolute Gasteiger partial charge is 0.239 e. The van der Waals surface area contributed by atoms with E-state index in [4.69, 9.17) is 9.47 Å². The summed E-state index contributed by atoms with van der Waals surface area (Å²) in [5, 5.41) is 2.91. The van der Waals surface area contributed by atoms with Gasteiger partial charge in [-0.05, 0) is 42.9 Å². The van der Waals surface area contributed by atoms with Crippen molar-refractivity contribution < 1.29 is 22.7 Å². The maximum atomic E-state index is 12.8. The molecule has 1 aromatic carbocycles. The normalized spacial score (nSPS) is 14.2. The number of ether oxygens (including phenoxy) is 2. The van der Waals surface area contributed by atoms with Crippen LogP contribution in [0.5, 0.6) is 11.5 Å². The largest absolute Gasteiger partial charge is 0.490 e. The van der Waals surface area contributed by atoms with Gasteiger partial charge < -0.3 is 14.8 Å². The van der Waals surface area contributed by atoms with Crippen LogP contribution >= 0.6 is 0 Å². The quantitative estimate of drug-likeness (QED) is 0.563. The molecule has 0 aromatic heterocycles. The summed E-state index contributed by atoms with van der Waals surface area (Å²) in [5.41, 5.74) is 0.264. The summed E-state index contributed by atoms with van der Waals surface area (Å²) in [5.74, 6) is 0.937. The third-order valence-electron chi connectivity index (χ3n) is 4.21. The Hall–Kier alpha value is -1.80. The summed E-state index contributed by atoms with van der Waals surface area (Å²) in [6, 6.07) is 4.36. The lowest BCUT2D eigenvalue weighted by atomic mass is 9.86. The number of benzene rings is 1. The van der Waals surface area contributed by atoms with E-state index < -0.39 is 21.5 Å². The van der Waals surface area contributed by atoms with Crippen molar-refractivity contribution in [2.75, 3.05) is 19.5 Å². The highest BCUT2D eigenvalue weighted by Gasteiger charge is 2.34. The zero-order valence-electron chi connectivity index (χ0n) is 18.7. The highest BCUT2D eigenvalue weighted by Crippen LogP contribution is 2.31. The van der Waals surface area contributed by atoms with E-state index in [0.29, 0.717) is 24.7 Å². The minimum absolute atomic E-state index is 0.335. The molecule has 0 aliphatic carbocycles. The molecule has 2 N–H and O–H groups in total. The molecule has 0 aliphatic heterocycles. The van der Waals surface area contributed by atoms with Crippen LogP contribution in [0, 0.1) is 5.41 Å². The number of rotatable bonds is 11. The van der Waals surface area contributed by atoms with Crippen molar-refractivity contribution in [3.05, 3.63) is 23.8 Å². The molecule has 0 fully saturated rings. The predicted octanol–water partition coefficient (Wildman–Crippen LogP) is 3.41. The molecule has 1 aromatic rings. The average Bonchev–Trinajstić information content (AvgIpc) is 2.61. The molecule has 0 radical (unpaired) electrons. The van der Waals surface area contributed by atoms with E-state index in [9.17, 15) is 13.2 Å². The molecule has 0 aliphatic rings. The lowest BCUT2D eigenvalue weighted by molar-refractivity contribution is -0.125. The summed E-state index contributed by atoms with van der Waals surface area (Å²) in [7, 11) is -3.53. The predicted molar refractivity (Wildman–Crippen MR) is 116 cm³/mol. The first-order valence-electron chi connectivity index (χ1n) is 10.1. The summed E-state index contributed by atoms with van der Waals surface area (Å²) < 4.78 is 37.4. The van der Waals surface area contributed by atoms with Crippen molar-refractivity contribution in [2.45, 2.75) is 66.5 Å². The van der Waals surface area contributed by atoms with Crippen LogP contribution in [0.1, 0.15) is 66.0 Å². The second-order valence-electron chi connectivity index (χ2n) is 8.32. The van der Waals surface area contributed by atoms with E-state index >= 15 is 0 Å². The van der Waals surface area contributed by atoms with Gasteiger partial charge in [0, 0.05) is 0 Å². The van der Waals surface area contributed by atoms with Gasteiger partial charge >= 0.3 is 0 Å². The van der Waals surface area contributed by atoms with Crippen LogP contribution in [-0.4, -0.2) is 39.8 Å². The van der Waals surface area contributed by atoms with Crippen molar-refractivity contribution >= 4 is 15.9 Å². The Bertz CT molecular complexity index is 772. The molecule has 0 saturated carbocycles. The van der Waals surface area contributed by atoms with Gasteiger partial charge in [0.05, 0.1) is 25.5 Å². The molecule has 29 heavy (non-hydrogen) atoms. The van der Waals surface area contributed by atoms with Crippen molar-refractivity contribution in [3.8, 4) is 11.5 Å². The van der Waals surface area contributed by atoms with Crippen LogP contribution in [0.4, 0.5) is 0 Å². The maximum absolute atomic E-state index is 12.8. The van der Waals surface area contributed by atoms with Crippen molar-refractivity contribution in [3.63, 3.8) is 0 Å². The minimum Gasteiger partial charge on any atom is -0.490 e. The summed E-state index contributed by atoms with van der Waals surface area (Å²) in [6.07, 6.45) is 2.81. The number of carbonyl (C=O) groups excluding carboxylic acids is 1. The maximum Gasteiger partial charge on any atom is 0.239 e. The second-order valence-corrected chi connectivity index (χ2v) is 10.1. The number of amides is 1.